The largest absolute Gasteiger partial charge is 0.333 e. The molecule has 0 spiro atoms. The van der Waals surface area contributed by atoms with E-state index in [0.29, 0.717) is 12.0 Å². The van der Waals surface area contributed by atoms with E-state index < -0.39 is 0 Å². The van der Waals surface area contributed by atoms with Crippen LogP contribution in [0.15, 0.2) is 39.9 Å². The molecule has 1 N–H and O–H groups in total. The summed E-state index contributed by atoms with van der Waals surface area (Å²) in [6.45, 7) is 4.47. The minimum Gasteiger partial charge on any atom is -0.333 e. The Morgan fingerprint density at radius 1 is 1.38 bits per heavy atom. The standard InChI is InChI=1S/C16H18BrN3S/c1-10(2)13-6-7-21-16(19-13)20-14-5-3-4-11-8-12(17)9-18-15(11)14/h3-5,8-10,13H,6-7H2,1-2H3,(H,19,20). The van der Waals surface area contributed by atoms with Gasteiger partial charge in [-0.15, -0.1) is 0 Å². The number of hydrogen-bond acceptors (Lipinski definition) is 4. The molecule has 2 aromatic rings. The number of halogens is 1. The van der Waals surface area contributed by atoms with E-state index in [2.05, 4.69) is 58.3 Å². The van der Waals surface area contributed by atoms with Gasteiger partial charge in [0.1, 0.15) is 0 Å². The van der Waals surface area contributed by atoms with Gasteiger partial charge in [-0.25, -0.2) is 0 Å². The number of amidine groups is 1. The molecule has 1 aromatic carbocycles. The van der Waals surface area contributed by atoms with Crippen molar-refractivity contribution in [3.05, 3.63) is 34.9 Å². The Morgan fingerprint density at radius 2 is 2.24 bits per heavy atom. The van der Waals surface area contributed by atoms with Gasteiger partial charge in [-0.05, 0) is 40.4 Å². The Kier molecular flexibility index (Phi) is 4.50. The zero-order chi connectivity index (χ0) is 14.8. The van der Waals surface area contributed by atoms with Crippen LogP contribution in [0, 0.1) is 5.92 Å². The Balaban J connectivity index is 1.91. The van der Waals surface area contributed by atoms with Crippen LogP contribution in [0.1, 0.15) is 20.3 Å². The second kappa shape index (κ2) is 6.36. The van der Waals surface area contributed by atoms with Crippen LogP contribution in [0.25, 0.3) is 10.9 Å². The highest BCUT2D eigenvalue weighted by Crippen LogP contribution is 2.27. The summed E-state index contributed by atoms with van der Waals surface area (Å²) in [7, 11) is 0. The number of fused-ring (bicyclic) bond motifs is 1. The fraction of sp³-hybridized carbons (Fsp3) is 0.375. The van der Waals surface area contributed by atoms with E-state index >= 15 is 0 Å². The lowest BCUT2D eigenvalue weighted by Crippen LogP contribution is -2.24. The zero-order valence-corrected chi connectivity index (χ0v) is 14.5. The Bertz CT molecular complexity index is 684. The van der Waals surface area contributed by atoms with Crippen LogP contribution in [0.2, 0.25) is 0 Å². The van der Waals surface area contributed by atoms with E-state index in [1.165, 1.54) is 0 Å². The minimum atomic E-state index is 0.422. The van der Waals surface area contributed by atoms with Crippen LogP contribution < -0.4 is 5.32 Å². The monoisotopic (exact) mass is 363 g/mol. The maximum Gasteiger partial charge on any atom is 0.161 e. The normalized spacial score (nSPS) is 18.9. The summed E-state index contributed by atoms with van der Waals surface area (Å²) in [6.07, 6.45) is 2.99. The molecule has 0 radical (unpaired) electrons. The van der Waals surface area contributed by atoms with Crippen LogP contribution in [-0.2, 0) is 0 Å². The van der Waals surface area contributed by atoms with E-state index in [4.69, 9.17) is 4.99 Å². The van der Waals surface area contributed by atoms with Gasteiger partial charge in [0.2, 0.25) is 0 Å². The van der Waals surface area contributed by atoms with Gasteiger partial charge in [0.25, 0.3) is 0 Å². The molecule has 0 bridgehead atoms. The van der Waals surface area contributed by atoms with Gasteiger partial charge in [0, 0.05) is 21.8 Å². The number of aromatic nitrogens is 1. The summed E-state index contributed by atoms with van der Waals surface area (Å²) in [4.78, 5) is 9.36. The quantitative estimate of drug-likeness (QED) is 0.821. The number of thioether (sulfide) groups is 1. The van der Waals surface area contributed by atoms with Crippen molar-refractivity contribution in [1.82, 2.24) is 4.98 Å². The van der Waals surface area contributed by atoms with Gasteiger partial charge in [-0.2, -0.15) is 0 Å². The minimum absolute atomic E-state index is 0.422. The zero-order valence-electron chi connectivity index (χ0n) is 12.1. The smallest absolute Gasteiger partial charge is 0.161 e. The maximum atomic E-state index is 4.83. The van der Waals surface area contributed by atoms with Gasteiger partial charge in [-0.3, -0.25) is 9.98 Å². The highest BCUT2D eigenvalue weighted by atomic mass is 79.9. The first-order chi connectivity index (χ1) is 10.1. The second-order valence-electron chi connectivity index (χ2n) is 5.54. The van der Waals surface area contributed by atoms with Gasteiger partial charge >= 0.3 is 0 Å². The van der Waals surface area contributed by atoms with E-state index in [1.54, 1.807) is 11.8 Å². The van der Waals surface area contributed by atoms with Crippen LogP contribution >= 0.6 is 27.7 Å². The third-order valence-electron chi connectivity index (χ3n) is 3.62. The second-order valence-corrected chi connectivity index (χ2v) is 7.54. The summed E-state index contributed by atoms with van der Waals surface area (Å²) in [5.74, 6) is 1.71. The van der Waals surface area contributed by atoms with Crippen molar-refractivity contribution < 1.29 is 0 Å². The fourth-order valence-electron chi connectivity index (χ4n) is 2.43. The van der Waals surface area contributed by atoms with Gasteiger partial charge in [0.05, 0.1) is 17.2 Å². The number of anilines is 1. The highest BCUT2D eigenvalue weighted by Gasteiger charge is 2.19. The van der Waals surface area contributed by atoms with Crippen molar-refractivity contribution in [2.24, 2.45) is 10.9 Å². The summed E-state index contributed by atoms with van der Waals surface area (Å²) >= 11 is 5.26. The van der Waals surface area contributed by atoms with E-state index in [1.807, 2.05) is 12.3 Å². The number of aliphatic imine (C=N–C) groups is 1. The van der Waals surface area contributed by atoms with Crippen LogP contribution in [0.5, 0.6) is 0 Å². The average Bonchev–Trinajstić information content (AvgIpc) is 2.47. The van der Waals surface area contributed by atoms with Gasteiger partial charge in [0.15, 0.2) is 5.17 Å². The molecule has 0 saturated heterocycles. The summed E-state index contributed by atoms with van der Waals surface area (Å²) < 4.78 is 0.997. The Hall–Kier alpha value is -1.07. The molecule has 0 amide bonds. The lowest BCUT2D eigenvalue weighted by Gasteiger charge is -2.23. The molecule has 3 nitrogen and oxygen atoms in total. The van der Waals surface area contributed by atoms with Crippen molar-refractivity contribution >= 4 is 49.4 Å². The van der Waals surface area contributed by atoms with Gasteiger partial charge < -0.3 is 5.32 Å². The van der Waals surface area contributed by atoms with Crippen molar-refractivity contribution in [3.8, 4) is 0 Å². The third kappa shape index (κ3) is 3.40. The summed E-state index contributed by atoms with van der Waals surface area (Å²) in [5, 5.41) is 5.60. The first-order valence-corrected chi connectivity index (χ1v) is 8.93. The van der Waals surface area contributed by atoms with Gasteiger partial charge in [-0.1, -0.05) is 37.7 Å². The fourth-order valence-corrected chi connectivity index (χ4v) is 3.72. The molecule has 0 saturated carbocycles. The molecule has 21 heavy (non-hydrogen) atoms. The molecule has 3 rings (SSSR count). The van der Waals surface area contributed by atoms with Crippen LogP contribution in [0.4, 0.5) is 5.69 Å². The van der Waals surface area contributed by atoms with E-state index in [0.717, 1.165) is 38.4 Å². The lowest BCUT2D eigenvalue weighted by atomic mass is 10.0. The molecule has 1 unspecified atom stereocenters. The van der Waals surface area contributed by atoms with Crippen LogP contribution in [0.3, 0.4) is 0 Å². The van der Waals surface area contributed by atoms with Crippen molar-refractivity contribution in [2.75, 3.05) is 11.1 Å². The number of hydrogen-bond donors (Lipinski definition) is 1. The van der Waals surface area contributed by atoms with Crippen LogP contribution in [-0.4, -0.2) is 21.9 Å². The first-order valence-electron chi connectivity index (χ1n) is 7.15. The number of benzene rings is 1. The predicted octanol–water partition coefficient (Wildman–Crippen LogP) is 4.93. The third-order valence-corrected chi connectivity index (χ3v) is 4.98. The number of pyridine rings is 1. The van der Waals surface area contributed by atoms with Crippen molar-refractivity contribution in [1.29, 1.82) is 0 Å². The molecule has 5 heteroatoms. The number of nitrogens with one attached hydrogen (secondary N) is 1. The molecular weight excluding hydrogens is 346 g/mol. The maximum absolute atomic E-state index is 4.83. The first kappa shape index (κ1) is 14.9. The molecular formula is C16H18BrN3S. The average molecular weight is 364 g/mol. The number of para-hydroxylation sites is 1. The van der Waals surface area contributed by atoms with E-state index in [-0.39, 0.29) is 0 Å². The van der Waals surface area contributed by atoms with Crippen molar-refractivity contribution in [3.63, 3.8) is 0 Å². The molecule has 0 aliphatic carbocycles. The lowest BCUT2D eigenvalue weighted by molar-refractivity contribution is 0.485. The highest BCUT2D eigenvalue weighted by molar-refractivity contribution is 9.10. The molecule has 110 valence electrons. The Labute approximate surface area is 137 Å². The topological polar surface area (TPSA) is 37.3 Å². The molecule has 1 aliphatic rings. The Morgan fingerprint density at radius 3 is 3.05 bits per heavy atom. The number of nitrogens with zero attached hydrogens (tertiary/aromatic N) is 2. The molecule has 1 aromatic heterocycles. The predicted molar refractivity (Wildman–Crippen MR) is 96.2 cm³/mol. The number of rotatable bonds is 2. The molecule has 2 heterocycles. The summed E-state index contributed by atoms with van der Waals surface area (Å²) in [6, 6.07) is 8.69. The summed E-state index contributed by atoms with van der Waals surface area (Å²) in [5.41, 5.74) is 2.01. The van der Waals surface area contributed by atoms with E-state index in [9.17, 15) is 0 Å². The van der Waals surface area contributed by atoms with Crippen molar-refractivity contribution in [2.45, 2.75) is 26.3 Å². The molecule has 0 fully saturated rings. The molecule has 1 atom stereocenters. The SMILES string of the molecule is CC(C)C1CCSC(Nc2cccc3cc(Br)cnc23)=N1. The molecule has 1 aliphatic heterocycles.